The van der Waals surface area contributed by atoms with Crippen LogP contribution in [0, 0.1) is 5.92 Å². The van der Waals surface area contributed by atoms with Crippen LogP contribution in [0.4, 0.5) is 0 Å². The van der Waals surface area contributed by atoms with Crippen LogP contribution in [0.25, 0.3) is 11.4 Å². The molecule has 210 valence electrons. The van der Waals surface area contributed by atoms with Crippen LogP contribution in [0.5, 0.6) is 11.5 Å². The molecule has 1 atom stereocenters. The predicted molar refractivity (Wildman–Crippen MR) is 147 cm³/mol. The fraction of sp³-hybridized carbons (Fsp3) is 0.483. The number of aryl methyl sites for hydroxylation is 1. The summed E-state index contributed by atoms with van der Waals surface area (Å²) in [7, 11) is 1.60. The lowest BCUT2D eigenvalue weighted by Gasteiger charge is -2.25. The van der Waals surface area contributed by atoms with Crippen LogP contribution in [0.2, 0.25) is 0 Å². The molecule has 2 bridgehead atoms. The quantitative estimate of drug-likeness (QED) is 0.497. The van der Waals surface area contributed by atoms with Crippen molar-refractivity contribution in [2.75, 3.05) is 33.4 Å². The van der Waals surface area contributed by atoms with Gasteiger partial charge < -0.3 is 29.1 Å². The van der Waals surface area contributed by atoms with Crippen molar-refractivity contribution in [3.05, 3.63) is 54.2 Å². The van der Waals surface area contributed by atoms with Crippen LogP contribution in [-0.4, -0.2) is 65.7 Å². The zero-order valence-corrected chi connectivity index (χ0v) is 23.2. The molecule has 4 rings (SSSR count). The number of furan rings is 1. The molecule has 0 spiro atoms. The maximum absolute atomic E-state index is 13.1. The molecule has 1 aliphatic heterocycles. The molecule has 0 saturated carbocycles. The largest absolute Gasteiger partial charge is 0.493 e. The molecule has 10 heteroatoms. The highest BCUT2D eigenvalue weighted by Crippen LogP contribution is 2.32. The zero-order chi connectivity index (χ0) is 27.8. The molecule has 0 unspecified atom stereocenters. The summed E-state index contributed by atoms with van der Waals surface area (Å²) >= 11 is 0. The Kier molecular flexibility index (Phi) is 9.64. The van der Waals surface area contributed by atoms with Gasteiger partial charge in [-0.25, -0.2) is 4.98 Å². The Balaban J connectivity index is 1.61. The number of carbonyl (C=O) groups excluding carboxylic acids is 2. The molecule has 39 heavy (non-hydrogen) atoms. The van der Waals surface area contributed by atoms with Gasteiger partial charge in [-0.05, 0) is 42.7 Å². The number of ether oxygens (including phenoxy) is 2. The maximum atomic E-state index is 13.1. The van der Waals surface area contributed by atoms with Gasteiger partial charge in [0.15, 0.2) is 11.5 Å². The van der Waals surface area contributed by atoms with E-state index in [1.807, 2.05) is 59.8 Å². The third kappa shape index (κ3) is 7.41. The lowest BCUT2D eigenvalue weighted by Crippen LogP contribution is -2.52. The van der Waals surface area contributed by atoms with Crippen molar-refractivity contribution < 1.29 is 23.5 Å². The Morgan fingerprint density at radius 3 is 2.74 bits per heavy atom. The summed E-state index contributed by atoms with van der Waals surface area (Å²) < 4.78 is 19.7. The van der Waals surface area contributed by atoms with Gasteiger partial charge in [-0.3, -0.25) is 14.5 Å². The Labute approximate surface area is 229 Å². The van der Waals surface area contributed by atoms with Crippen molar-refractivity contribution in [2.24, 2.45) is 5.92 Å². The van der Waals surface area contributed by atoms with Crippen molar-refractivity contribution in [3.8, 4) is 22.9 Å². The van der Waals surface area contributed by atoms with E-state index >= 15 is 0 Å². The van der Waals surface area contributed by atoms with Crippen molar-refractivity contribution in [3.63, 3.8) is 0 Å². The monoisotopic (exact) mass is 537 g/mol. The summed E-state index contributed by atoms with van der Waals surface area (Å²) in [6.45, 7) is 8.18. The fourth-order valence-electron chi connectivity index (χ4n) is 4.65. The number of hydrogen-bond acceptors (Lipinski definition) is 7. The van der Waals surface area contributed by atoms with Crippen molar-refractivity contribution in [1.82, 2.24) is 25.1 Å². The molecule has 2 N–H and O–H groups in total. The number of benzene rings is 1. The minimum Gasteiger partial charge on any atom is -0.493 e. The van der Waals surface area contributed by atoms with Gasteiger partial charge in [0.2, 0.25) is 11.8 Å². The Morgan fingerprint density at radius 1 is 1.15 bits per heavy atom. The van der Waals surface area contributed by atoms with Crippen molar-refractivity contribution in [2.45, 2.75) is 52.7 Å². The lowest BCUT2D eigenvalue weighted by molar-refractivity contribution is -0.130. The van der Waals surface area contributed by atoms with Gasteiger partial charge in [0.1, 0.15) is 30.0 Å². The first kappa shape index (κ1) is 28.2. The molecule has 0 aliphatic carbocycles. The van der Waals surface area contributed by atoms with E-state index in [0.717, 1.165) is 35.7 Å². The van der Waals surface area contributed by atoms with E-state index in [-0.39, 0.29) is 24.3 Å². The fourth-order valence-corrected chi connectivity index (χ4v) is 4.65. The van der Waals surface area contributed by atoms with Gasteiger partial charge in [-0.1, -0.05) is 20.8 Å². The van der Waals surface area contributed by atoms with E-state index in [1.165, 1.54) is 0 Å². The van der Waals surface area contributed by atoms with Gasteiger partial charge in [0.05, 0.1) is 20.2 Å². The van der Waals surface area contributed by atoms with E-state index in [0.29, 0.717) is 44.3 Å². The van der Waals surface area contributed by atoms with Crippen LogP contribution < -0.4 is 20.1 Å². The number of imidazole rings is 1. The average Bonchev–Trinajstić information content (AvgIpc) is 3.56. The zero-order valence-electron chi connectivity index (χ0n) is 23.2. The van der Waals surface area contributed by atoms with E-state index in [4.69, 9.17) is 13.9 Å². The summed E-state index contributed by atoms with van der Waals surface area (Å²) in [6.07, 6.45) is 5.46. The van der Waals surface area contributed by atoms with Gasteiger partial charge >= 0.3 is 0 Å². The molecule has 3 heterocycles. The minimum absolute atomic E-state index is 0.0766. The first-order valence-corrected chi connectivity index (χ1v) is 13.6. The lowest BCUT2D eigenvalue weighted by atomic mass is 10.0. The summed E-state index contributed by atoms with van der Waals surface area (Å²) in [5.41, 5.74) is 0.874. The van der Waals surface area contributed by atoms with Crippen LogP contribution in [-0.2, 0) is 29.1 Å². The molecule has 0 fully saturated rings. The van der Waals surface area contributed by atoms with Gasteiger partial charge in [0, 0.05) is 44.0 Å². The number of nitrogens with one attached hydrogen (secondary N) is 2. The van der Waals surface area contributed by atoms with Crippen LogP contribution in [0.3, 0.4) is 0 Å². The molecular formula is C29H39N5O5. The number of rotatable bonds is 6. The number of carbonyl (C=O) groups is 2. The second kappa shape index (κ2) is 13.3. The molecule has 2 amide bonds. The number of amides is 2. The molecule has 1 aliphatic rings. The predicted octanol–water partition coefficient (Wildman–Crippen LogP) is 3.26. The molecule has 2 aromatic heterocycles. The van der Waals surface area contributed by atoms with Crippen molar-refractivity contribution in [1.29, 1.82) is 0 Å². The van der Waals surface area contributed by atoms with Crippen LogP contribution >= 0.6 is 0 Å². The van der Waals surface area contributed by atoms with Gasteiger partial charge in [-0.15, -0.1) is 0 Å². The normalized spacial score (nSPS) is 17.6. The summed E-state index contributed by atoms with van der Waals surface area (Å²) in [5, 5.41) is 5.91. The van der Waals surface area contributed by atoms with Gasteiger partial charge in [0.25, 0.3) is 0 Å². The van der Waals surface area contributed by atoms with Gasteiger partial charge in [-0.2, -0.15) is 0 Å². The number of hydrogen-bond donors (Lipinski definition) is 2. The highest BCUT2D eigenvalue weighted by Gasteiger charge is 2.25. The van der Waals surface area contributed by atoms with Crippen LogP contribution in [0.15, 0.2) is 47.1 Å². The average molecular weight is 538 g/mol. The Hall–Kier alpha value is -3.79. The number of nitrogens with zero attached hydrogens (tertiary/aromatic N) is 3. The van der Waals surface area contributed by atoms with E-state index in [1.54, 1.807) is 13.3 Å². The summed E-state index contributed by atoms with van der Waals surface area (Å²) in [4.78, 5) is 32.7. The highest BCUT2D eigenvalue weighted by atomic mass is 16.5. The number of aromatic nitrogens is 2. The van der Waals surface area contributed by atoms with E-state index in [2.05, 4.69) is 22.5 Å². The Bertz CT molecular complexity index is 1250. The third-order valence-corrected chi connectivity index (χ3v) is 6.68. The molecular weight excluding hydrogens is 498 g/mol. The molecule has 10 nitrogen and oxygen atoms in total. The summed E-state index contributed by atoms with van der Waals surface area (Å²) in [5.74, 6) is 3.16. The molecule has 3 aromatic rings. The first-order chi connectivity index (χ1) is 18.9. The molecule has 0 saturated heterocycles. The van der Waals surface area contributed by atoms with E-state index < -0.39 is 6.04 Å². The number of methoxy groups -OCH3 is 1. The SMILES string of the molecule is CCCc1ccc(CN2CCOc3cc(ccc3OC)-c3nccn3CCNC(=O)[C@@H](C(C)C)NC(=O)C2)o1. The van der Waals surface area contributed by atoms with Crippen LogP contribution in [0.1, 0.15) is 38.7 Å². The highest BCUT2D eigenvalue weighted by molar-refractivity contribution is 5.88. The topological polar surface area (TPSA) is 111 Å². The maximum Gasteiger partial charge on any atom is 0.242 e. The Morgan fingerprint density at radius 2 is 1.97 bits per heavy atom. The third-order valence-electron chi connectivity index (χ3n) is 6.68. The van der Waals surface area contributed by atoms with Crippen molar-refractivity contribution >= 4 is 11.8 Å². The summed E-state index contributed by atoms with van der Waals surface area (Å²) in [6, 6.07) is 8.98. The molecule has 0 radical (unpaired) electrons. The second-order valence-corrected chi connectivity index (χ2v) is 10.1. The second-order valence-electron chi connectivity index (χ2n) is 10.1. The van der Waals surface area contributed by atoms with E-state index in [9.17, 15) is 9.59 Å². The minimum atomic E-state index is -0.646. The standard InChI is InChI=1S/C29H39N5O5/c1-5-6-22-8-9-23(39-22)18-33-15-16-38-25-17-21(7-10-24(25)37-4)28-30-11-13-34(28)14-12-31-29(36)27(20(2)3)32-26(35)19-33/h7-11,13,17,20,27H,5-6,12,14-16,18-19H2,1-4H3,(H,31,36)(H,32,35)/t27-/m1/s1. The smallest absolute Gasteiger partial charge is 0.242 e. The molecule has 1 aromatic carbocycles. The first-order valence-electron chi connectivity index (χ1n) is 13.6. The number of fused-ring (bicyclic) bond motifs is 4.